The molecule has 0 unspecified atom stereocenters. The van der Waals surface area contributed by atoms with Crippen LogP contribution in [0.5, 0.6) is 0 Å². The summed E-state index contributed by atoms with van der Waals surface area (Å²) in [6.45, 7) is 8.14. The van der Waals surface area contributed by atoms with Gasteiger partial charge >= 0.3 is 6.09 Å². The number of anilines is 1. The number of amides is 1. The second kappa shape index (κ2) is 10.0. The Balaban J connectivity index is 1.62. The molecule has 0 atom stereocenters. The van der Waals surface area contributed by atoms with Gasteiger partial charge in [0.1, 0.15) is 11.3 Å². The number of likely N-dealkylation sites (N-methyl/N-ethyl adjacent to an activating group) is 1. The highest BCUT2D eigenvalue weighted by atomic mass is 16.6. The zero-order valence-electron chi connectivity index (χ0n) is 20.6. The molecule has 0 fully saturated rings. The third-order valence-corrected chi connectivity index (χ3v) is 5.72. The molecule has 186 valence electrons. The lowest BCUT2D eigenvalue weighted by Gasteiger charge is -2.25. The first kappa shape index (κ1) is 24.6. The van der Waals surface area contributed by atoms with E-state index >= 15 is 0 Å². The van der Waals surface area contributed by atoms with Crippen LogP contribution in [-0.4, -0.2) is 82.1 Å². The van der Waals surface area contributed by atoms with Gasteiger partial charge in [0.25, 0.3) is 0 Å². The van der Waals surface area contributed by atoms with Crippen molar-refractivity contribution in [3.05, 3.63) is 41.7 Å². The molecule has 0 saturated heterocycles. The summed E-state index contributed by atoms with van der Waals surface area (Å²) in [6.07, 6.45) is 2.90. The predicted molar refractivity (Wildman–Crippen MR) is 134 cm³/mol. The number of benzene rings is 1. The van der Waals surface area contributed by atoms with Crippen molar-refractivity contribution in [2.75, 3.05) is 45.2 Å². The predicted octanol–water partition coefficient (Wildman–Crippen LogP) is 2.50. The number of carbonyl (C=O) groups is 2. The van der Waals surface area contributed by atoms with E-state index < -0.39 is 11.7 Å². The first-order valence-corrected chi connectivity index (χ1v) is 11.7. The minimum Gasteiger partial charge on any atom is -0.444 e. The highest BCUT2D eigenvalue weighted by Gasteiger charge is 2.31. The van der Waals surface area contributed by atoms with Gasteiger partial charge in [0, 0.05) is 67.8 Å². The van der Waals surface area contributed by atoms with Crippen LogP contribution < -0.4 is 10.6 Å². The Labute approximate surface area is 204 Å². The fraction of sp³-hybridized carbons (Fsp3) is 0.440. The topological polar surface area (TPSA) is 122 Å². The van der Waals surface area contributed by atoms with Crippen molar-refractivity contribution >= 4 is 28.5 Å². The van der Waals surface area contributed by atoms with Crippen LogP contribution in [0, 0.1) is 0 Å². The van der Waals surface area contributed by atoms with E-state index in [4.69, 9.17) is 14.9 Å². The molecule has 0 saturated carbocycles. The molecule has 35 heavy (non-hydrogen) atoms. The quantitative estimate of drug-likeness (QED) is 0.313. The van der Waals surface area contributed by atoms with Crippen molar-refractivity contribution < 1.29 is 19.4 Å². The number of ether oxygens (including phenoxy) is 1. The molecular weight excluding hydrogens is 448 g/mol. The van der Waals surface area contributed by atoms with E-state index in [1.165, 1.54) is 4.90 Å². The van der Waals surface area contributed by atoms with Crippen molar-refractivity contribution in [2.24, 2.45) is 0 Å². The summed E-state index contributed by atoms with van der Waals surface area (Å²) in [5.74, 6) is -0.0820. The number of fused-ring (bicyclic) bond motifs is 2. The summed E-state index contributed by atoms with van der Waals surface area (Å²) in [4.78, 5) is 31.5. The number of nitrogens with zero attached hydrogens (tertiary/aromatic N) is 4. The van der Waals surface area contributed by atoms with Crippen LogP contribution in [0.3, 0.4) is 0 Å². The van der Waals surface area contributed by atoms with E-state index in [1.54, 1.807) is 25.5 Å². The van der Waals surface area contributed by atoms with Gasteiger partial charge in [-0.2, -0.15) is 5.10 Å². The van der Waals surface area contributed by atoms with Crippen molar-refractivity contribution in [1.82, 2.24) is 25.0 Å². The second-order valence-corrected chi connectivity index (χ2v) is 9.51. The standard InChI is InChI=1S/C25H32N6O4/c1-25(2,3)35-24(34)30(4)12-10-28-18-5-6-19-21-20(18)23(33)16-7-8-27-15-17(16)22(21)29-31(19)13-9-26-11-14-32/h5-8,15,26,28,32H,9-14H2,1-4H3. The molecule has 10 nitrogen and oxygen atoms in total. The summed E-state index contributed by atoms with van der Waals surface area (Å²) < 4.78 is 7.29. The monoisotopic (exact) mass is 480 g/mol. The lowest BCUT2D eigenvalue weighted by atomic mass is 9.87. The van der Waals surface area contributed by atoms with Crippen molar-refractivity contribution in [2.45, 2.75) is 32.9 Å². The highest BCUT2D eigenvalue weighted by molar-refractivity contribution is 6.27. The Morgan fingerprint density at radius 2 is 1.97 bits per heavy atom. The zero-order valence-corrected chi connectivity index (χ0v) is 20.6. The molecule has 0 aliphatic heterocycles. The maximum Gasteiger partial charge on any atom is 0.410 e. The molecular formula is C25H32N6O4. The molecule has 0 spiro atoms. The molecule has 2 aromatic heterocycles. The van der Waals surface area contributed by atoms with Crippen molar-refractivity contribution in [3.8, 4) is 11.3 Å². The Hall–Kier alpha value is -3.50. The minimum absolute atomic E-state index is 0.0704. The van der Waals surface area contributed by atoms with Crippen LogP contribution in [0.25, 0.3) is 22.2 Å². The number of rotatable bonds is 9. The SMILES string of the molecule is CN(CCNc1ccc2c3c(nn2CCNCCO)-c2cnccc2C(=O)c13)C(=O)OC(C)(C)C. The zero-order chi connectivity index (χ0) is 25.2. The van der Waals surface area contributed by atoms with Gasteiger partial charge in [0.15, 0.2) is 5.78 Å². The Bertz CT molecular complexity index is 1250. The van der Waals surface area contributed by atoms with Crippen LogP contribution in [0.4, 0.5) is 10.5 Å². The molecule has 1 aromatic carbocycles. The largest absolute Gasteiger partial charge is 0.444 e. The summed E-state index contributed by atoms with van der Waals surface area (Å²) in [5.41, 5.74) is 3.59. The molecule has 3 aromatic rings. The minimum atomic E-state index is -0.563. The number of hydrogen-bond acceptors (Lipinski definition) is 8. The summed E-state index contributed by atoms with van der Waals surface area (Å²) in [6, 6.07) is 5.57. The van der Waals surface area contributed by atoms with Gasteiger partial charge in [-0.3, -0.25) is 14.5 Å². The molecule has 4 rings (SSSR count). The van der Waals surface area contributed by atoms with Crippen LogP contribution in [0.1, 0.15) is 36.7 Å². The smallest absolute Gasteiger partial charge is 0.410 e. The van der Waals surface area contributed by atoms with E-state index in [1.807, 2.05) is 37.6 Å². The second-order valence-electron chi connectivity index (χ2n) is 9.51. The number of aliphatic hydroxyl groups excluding tert-OH is 1. The molecule has 1 amide bonds. The molecule has 1 aliphatic rings. The molecule has 10 heteroatoms. The highest BCUT2D eigenvalue weighted by Crippen LogP contribution is 2.41. The Kier molecular flexibility index (Phi) is 7.04. The molecule has 0 bridgehead atoms. The summed E-state index contributed by atoms with van der Waals surface area (Å²) in [7, 11) is 1.68. The lowest BCUT2D eigenvalue weighted by Crippen LogP contribution is -2.36. The van der Waals surface area contributed by atoms with E-state index in [2.05, 4.69) is 15.6 Å². The van der Waals surface area contributed by atoms with Gasteiger partial charge in [-0.25, -0.2) is 4.79 Å². The Morgan fingerprint density at radius 3 is 2.71 bits per heavy atom. The molecule has 0 radical (unpaired) electrons. The number of nitrogens with one attached hydrogen (secondary N) is 2. The lowest BCUT2D eigenvalue weighted by molar-refractivity contribution is 0.0305. The van der Waals surface area contributed by atoms with E-state index in [9.17, 15) is 9.59 Å². The van der Waals surface area contributed by atoms with Crippen LogP contribution >= 0.6 is 0 Å². The van der Waals surface area contributed by atoms with Gasteiger partial charge in [-0.1, -0.05) is 0 Å². The van der Waals surface area contributed by atoms with Crippen LogP contribution in [-0.2, 0) is 11.3 Å². The van der Waals surface area contributed by atoms with Crippen LogP contribution in [0.15, 0.2) is 30.6 Å². The maximum atomic E-state index is 13.6. The third-order valence-electron chi connectivity index (χ3n) is 5.72. The van der Waals surface area contributed by atoms with Crippen LogP contribution in [0.2, 0.25) is 0 Å². The fourth-order valence-corrected chi connectivity index (χ4v) is 4.11. The average molecular weight is 481 g/mol. The van der Waals surface area contributed by atoms with Crippen molar-refractivity contribution in [3.63, 3.8) is 0 Å². The summed E-state index contributed by atoms with van der Waals surface area (Å²) in [5, 5.41) is 21.1. The first-order chi connectivity index (χ1) is 16.7. The number of hydrogen-bond donors (Lipinski definition) is 3. The first-order valence-electron chi connectivity index (χ1n) is 11.7. The number of aliphatic hydroxyl groups is 1. The van der Waals surface area contributed by atoms with E-state index in [0.717, 1.165) is 22.2 Å². The van der Waals surface area contributed by atoms with Crippen molar-refractivity contribution in [1.29, 1.82) is 0 Å². The number of pyridine rings is 1. The number of ketones is 1. The van der Waals surface area contributed by atoms with Gasteiger partial charge in [0.2, 0.25) is 0 Å². The Morgan fingerprint density at radius 1 is 1.17 bits per heavy atom. The van der Waals surface area contributed by atoms with Gasteiger partial charge in [0.05, 0.1) is 24.2 Å². The average Bonchev–Trinajstić information content (AvgIpc) is 3.18. The normalized spacial score (nSPS) is 12.5. The third kappa shape index (κ3) is 5.13. The number of carbonyl (C=O) groups excluding carboxylic acids is 2. The molecule has 1 aliphatic carbocycles. The van der Waals surface area contributed by atoms with Gasteiger partial charge < -0.3 is 25.4 Å². The molecule has 3 N–H and O–H groups in total. The van der Waals surface area contributed by atoms with E-state index in [0.29, 0.717) is 49.5 Å². The maximum absolute atomic E-state index is 13.6. The van der Waals surface area contributed by atoms with E-state index in [-0.39, 0.29) is 12.4 Å². The summed E-state index contributed by atoms with van der Waals surface area (Å²) >= 11 is 0. The van der Waals surface area contributed by atoms with Gasteiger partial charge in [-0.15, -0.1) is 0 Å². The fourth-order valence-electron chi connectivity index (χ4n) is 4.11. The molecule has 2 heterocycles. The number of aromatic nitrogens is 3. The van der Waals surface area contributed by atoms with Gasteiger partial charge in [-0.05, 0) is 39.0 Å².